The second-order valence-electron chi connectivity index (χ2n) is 10.3. The van der Waals surface area contributed by atoms with Gasteiger partial charge >= 0.3 is 19.3 Å². The molecule has 2 rings (SSSR count). The first-order chi connectivity index (χ1) is 20.5. The number of benzene rings is 2. The molecule has 2 amide bonds. The van der Waals surface area contributed by atoms with Gasteiger partial charge in [0.15, 0.2) is 5.78 Å². The highest BCUT2D eigenvalue weighted by Gasteiger charge is 2.33. The summed E-state index contributed by atoms with van der Waals surface area (Å²) in [6, 6.07) is 3.89. The molecular formula is C28H36BF6N5O4. The summed E-state index contributed by atoms with van der Waals surface area (Å²) < 4.78 is 79.5. The van der Waals surface area contributed by atoms with Gasteiger partial charge in [-0.25, -0.2) is 0 Å². The van der Waals surface area contributed by atoms with Crippen LogP contribution in [0.4, 0.5) is 26.3 Å². The Morgan fingerprint density at radius 2 is 1.48 bits per heavy atom. The first-order valence-electron chi connectivity index (χ1n) is 13.8. The Labute approximate surface area is 251 Å². The van der Waals surface area contributed by atoms with Crippen molar-refractivity contribution in [1.82, 2.24) is 10.2 Å². The van der Waals surface area contributed by atoms with Crippen molar-refractivity contribution in [1.29, 1.82) is 0 Å². The Kier molecular flexibility index (Phi) is 13.4. The number of Topliss-reactive ketones (excluding diaryl/α,β-unsaturated/α-hetero) is 1. The predicted octanol–water partition coefficient (Wildman–Crippen LogP) is 1.24. The quantitative estimate of drug-likeness (QED) is 0.146. The van der Waals surface area contributed by atoms with Crippen LogP contribution in [0.2, 0.25) is 6.82 Å². The molecule has 16 heteroatoms. The molecule has 0 bridgehead atoms. The lowest BCUT2D eigenvalue weighted by Crippen LogP contribution is -2.50. The molecule has 0 aliphatic carbocycles. The Morgan fingerprint density at radius 3 is 1.98 bits per heavy atom. The second-order valence-corrected chi connectivity index (χ2v) is 10.3. The molecule has 2 aromatic rings. The van der Waals surface area contributed by atoms with E-state index in [-0.39, 0.29) is 67.9 Å². The van der Waals surface area contributed by atoms with Crippen LogP contribution in [0.25, 0.3) is 0 Å². The Hall–Kier alpha value is -3.47. The molecule has 0 radical (unpaired) electrons. The van der Waals surface area contributed by atoms with Crippen molar-refractivity contribution in [3.63, 3.8) is 0 Å². The minimum atomic E-state index is -4.77. The molecule has 0 saturated heterocycles. The van der Waals surface area contributed by atoms with E-state index in [1.165, 1.54) is 17.8 Å². The number of nitrogens with two attached hydrogens (primary N) is 3. The molecule has 0 aliphatic heterocycles. The maximum absolute atomic E-state index is 13.5. The van der Waals surface area contributed by atoms with Gasteiger partial charge < -0.3 is 32.4 Å². The lowest BCUT2D eigenvalue weighted by Gasteiger charge is -2.23. The second kappa shape index (κ2) is 16.0. The topological polar surface area (TPSA) is 165 Å². The number of alkyl halides is 6. The summed E-state index contributed by atoms with van der Waals surface area (Å²) in [6.45, 7) is 0.848. The third-order valence-corrected chi connectivity index (χ3v) is 6.79. The van der Waals surface area contributed by atoms with Crippen LogP contribution in [0, 0.1) is 0 Å². The Bertz CT molecular complexity index is 1270. The van der Waals surface area contributed by atoms with E-state index in [9.17, 15) is 45.8 Å². The summed E-state index contributed by atoms with van der Waals surface area (Å²) in [5, 5.41) is 12.3. The number of hydrogen-bond acceptors (Lipinski definition) is 7. The van der Waals surface area contributed by atoms with E-state index in [1.54, 1.807) is 0 Å². The van der Waals surface area contributed by atoms with Gasteiger partial charge in [0.05, 0.1) is 23.2 Å². The number of rotatable bonds is 15. The summed E-state index contributed by atoms with van der Waals surface area (Å²) in [4.78, 5) is 40.3. The summed E-state index contributed by atoms with van der Waals surface area (Å²) in [5.74, 6) is -1.95. The minimum absolute atomic E-state index is 0.0871. The van der Waals surface area contributed by atoms with Gasteiger partial charge in [-0.2, -0.15) is 26.3 Å². The minimum Gasteiger partial charge on any atom is -0.447 e. The first-order valence-corrected chi connectivity index (χ1v) is 13.8. The zero-order chi connectivity index (χ0) is 33.2. The third kappa shape index (κ3) is 11.2. The number of nitrogens with zero attached hydrogens (tertiary/aromatic N) is 1. The third-order valence-electron chi connectivity index (χ3n) is 6.79. The van der Waals surface area contributed by atoms with Crippen molar-refractivity contribution in [2.75, 3.05) is 26.2 Å². The molecule has 0 spiro atoms. The average molecular weight is 631 g/mol. The van der Waals surface area contributed by atoms with E-state index in [2.05, 4.69) is 5.32 Å². The highest BCUT2D eigenvalue weighted by Crippen LogP contribution is 2.30. The van der Waals surface area contributed by atoms with Crippen LogP contribution in [-0.4, -0.2) is 72.7 Å². The molecule has 0 unspecified atom stereocenters. The van der Waals surface area contributed by atoms with Gasteiger partial charge in [-0.05, 0) is 47.6 Å². The molecule has 9 nitrogen and oxygen atoms in total. The SMILES string of the molecule is CB(O)c1cc(CC(=O)[C@@H](Cc2ccc(C(F)(F)F)cc2)NC(=O)[C@@H](N)CCC(=O)N(CCN)CCN)cc(C(F)(F)F)c1. The van der Waals surface area contributed by atoms with Crippen LogP contribution in [0.5, 0.6) is 0 Å². The average Bonchev–Trinajstić information content (AvgIpc) is 2.94. The molecule has 2 atom stereocenters. The number of halogens is 6. The van der Waals surface area contributed by atoms with Crippen LogP contribution in [0.1, 0.15) is 35.1 Å². The number of ketones is 1. The van der Waals surface area contributed by atoms with Crippen molar-refractivity contribution in [2.24, 2.45) is 17.2 Å². The molecule has 8 N–H and O–H groups in total. The van der Waals surface area contributed by atoms with Crippen molar-refractivity contribution < 1.29 is 45.8 Å². The van der Waals surface area contributed by atoms with E-state index in [1.807, 2.05) is 0 Å². The monoisotopic (exact) mass is 631 g/mol. The van der Waals surface area contributed by atoms with Gasteiger partial charge in [0.25, 0.3) is 0 Å². The number of amides is 2. The fourth-order valence-electron chi connectivity index (χ4n) is 4.38. The zero-order valence-electron chi connectivity index (χ0n) is 24.0. The summed E-state index contributed by atoms with van der Waals surface area (Å²) in [5.41, 5.74) is 15.0. The van der Waals surface area contributed by atoms with Gasteiger partial charge in [0.2, 0.25) is 11.8 Å². The van der Waals surface area contributed by atoms with Crippen molar-refractivity contribution >= 4 is 30.0 Å². The number of nitrogens with one attached hydrogen (secondary N) is 1. The maximum atomic E-state index is 13.5. The number of carbonyl (C=O) groups is 3. The van der Waals surface area contributed by atoms with Crippen LogP contribution in [0.3, 0.4) is 0 Å². The largest absolute Gasteiger partial charge is 0.447 e. The van der Waals surface area contributed by atoms with Gasteiger partial charge in [-0.15, -0.1) is 0 Å². The molecule has 242 valence electrons. The van der Waals surface area contributed by atoms with Crippen molar-refractivity contribution in [2.45, 2.75) is 56.9 Å². The zero-order valence-corrected chi connectivity index (χ0v) is 24.0. The molecule has 0 heterocycles. The van der Waals surface area contributed by atoms with E-state index >= 15 is 0 Å². The highest BCUT2D eigenvalue weighted by atomic mass is 19.4. The van der Waals surface area contributed by atoms with Crippen LogP contribution >= 0.6 is 0 Å². The van der Waals surface area contributed by atoms with E-state index < -0.39 is 60.6 Å². The highest BCUT2D eigenvalue weighted by molar-refractivity contribution is 6.64. The fraction of sp³-hybridized carbons (Fsp3) is 0.464. The van der Waals surface area contributed by atoms with Crippen molar-refractivity contribution in [3.8, 4) is 0 Å². The number of hydrogen-bond donors (Lipinski definition) is 5. The lowest BCUT2D eigenvalue weighted by atomic mass is 9.63. The van der Waals surface area contributed by atoms with Crippen LogP contribution < -0.4 is 28.0 Å². The van der Waals surface area contributed by atoms with E-state index in [0.29, 0.717) is 0 Å². The van der Waals surface area contributed by atoms with Crippen LogP contribution in [-0.2, 0) is 39.6 Å². The van der Waals surface area contributed by atoms with Gasteiger partial charge in [-0.1, -0.05) is 31.1 Å². The molecule has 0 aliphatic rings. The molecule has 0 saturated carbocycles. The van der Waals surface area contributed by atoms with Gasteiger partial charge in [0, 0.05) is 39.0 Å². The normalized spacial score (nSPS) is 13.2. The molecule has 2 aromatic carbocycles. The Balaban J connectivity index is 2.29. The predicted molar refractivity (Wildman–Crippen MR) is 153 cm³/mol. The lowest BCUT2D eigenvalue weighted by molar-refractivity contribution is -0.138. The molecule has 0 fully saturated rings. The molecular weight excluding hydrogens is 595 g/mol. The summed E-state index contributed by atoms with van der Waals surface area (Å²) >= 11 is 0. The van der Waals surface area contributed by atoms with Crippen LogP contribution in [0.15, 0.2) is 42.5 Å². The molecule has 44 heavy (non-hydrogen) atoms. The maximum Gasteiger partial charge on any atom is 0.416 e. The van der Waals surface area contributed by atoms with E-state index in [0.717, 1.165) is 36.4 Å². The van der Waals surface area contributed by atoms with Gasteiger partial charge in [0.1, 0.15) is 0 Å². The first kappa shape index (κ1) is 36.7. The Morgan fingerprint density at radius 1 is 0.909 bits per heavy atom. The standard InChI is InChI=1S/C28H36BF6N5O4/c1-29(44)21-13-18(12-20(16-21)28(33,34)35)15-24(41)23(14-17-2-4-19(5-3-17)27(30,31)32)39-26(43)22(38)6-7-25(42)40(10-8-36)11-9-37/h2-5,12-13,16,22-23,44H,6-11,14-15,36-38H2,1H3,(H,39,43)/t22-,23+/m0/s1. The molecule has 0 aromatic heterocycles. The smallest absolute Gasteiger partial charge is 0.416 e. The van der Waals surface area contributed by atoms with Gasteiger partial charge in [-0.3, -0.25) is 14.4 Å². The summed E-state index contributed by atoms with van der Waals surface area (Å²) in [6.07, 6.45) is -10.5. The number of carbonyl (C=O) groups excluding carboxylic acids is 3. The van der Waals surface area contributed by atoms with Crippen molar-refractivity contribution in [3.05, 3.63) is 64.7 Å². The van der Waals surface area contributed by atoms with E-state index in [4.69, 9.17) is 17.2 Å². The summed E-state index contributed by atoms with van der Waals surface area (Å²) in [7, 11) is 0. The fourth-order valence-corrected chi connectivity index (χ4v) is 4.38.